The first-order valence-electron chi connectivity index (χ1n) is 7.64. The summed E-state index contributed by atoms with van der Waals surface area (Å²) in [4.78, 5) is 17.0. The zero-order valence-electron chi connectivity index (χ0n) is 12.6. The number of nitrogens with one attached hydrogen (secondary N) is 2. The fourth-order valence-corrected chi connectivity index (χ4v) is 3.92. The Bertz CT molecular complexity index is 744. The highest BCUT2D eigenvalue weighted by atomic mass is 35.5. The van der Waals surface area contributed by atoms with Gasteiger partial charge >= 0.3 is 0 Å². The molecule has 2 N–H and O–H groups in total. The maximum atomic E-state index is 12.5. The van der Waals surface area contributed by atoms with Gasteiger partial charge in [0, 0.05) is 12.1 Å². The van der Waals surface area contributed by atoms with Gasteiger partial charge in [-0.3, -0.25) is 4.79 Å². The first kappa shape index (κ1) is 14.0. The Hall–Kier alpha value is -1.59. The van der Waals surface area contributed by atoms with Gasteiger partial charge in [0.2, 0.25) is 5.91 Å². The summed E-state index contributed by atoms with van der Waals surface area (Å²) in [5.74, 6) is 2.13. The highest BCUT2D eigenvalue weighted by Gasteiger charge is 2.57. The lowest BCUT2D eigenvalue weighted by molar-refractivity contribution is -0.124. The van der Waals surface area contributed by atoms with Gasteiger partial charge < -0.3 is 15.0 Å². The summed E-state index contributed by atoms with van der Waals surface area (Å²) in [5.41, 5.74) is 0.312. The molecule has 0 spiro atoms. The molecule has 1 unspecified atom stereocenters. The van der Waals surface area contributed by atoms with E-state index in [1.807, 2.05) is 36.6 Å². The van der Waals surface area contributed by atoms with Crippen molar-refractivity contribution in [1.29, 1.82) is 0 Å². The van der Waals surface area contributed by atoms with Crippen LogP contribution in [0.2, 0.25) is 5.02 Å². The van der Waals surface area contributed by atoms with Gasteiger partial charge in [0.1, 0.15) is 5.82 Å². The molecule has 3 heterocycles. The smallest absolute Gasteiger partial charge is 0.224 e. The van der Waals surface area contributed by atoms with Crippen molar-refractivity contribution < 1.29 is 4.79 Å². The molecule has 1 amide bonds. The van der Waals surface area contributed by atoms with Crippen LogP contribution in [0.25, 0.3) is 5.52 Å². The van der Waals surface area contributed by atoms with E-state index in [0.29, 0.717) is 16.9 Å². The average molecular weight is 319 g/mol. The first-order chi connectivity index (χ1) is 10.5. The van der Waals surface area contributed by atoms with Crippen LogP contribution in [-0.2, 0) is 10.3 Å². The summed E-state index contributed by atoms with van der Waals surface area (Å²) in [7, 11) is 0. The molecule has 1 saturated carbocycles. The van der Waals surface area contributed by atoms with Crippen LogP contribution in [0.15, 0.2) is 24.5 Å². The zero-order valence-corrected chi connectivity index (χ0v) is 13.4. The van der Waals surface area contributed by atoms with Crippen LogP contribution in [0.5, 0.6) is 0 Å². The Morgan fingerprint density at radius 3 is 2.91 bits per heavy atom. The summed E-state index contributed by atoms with van der Waals surface area (Å²) in [6, 6.07) is 3.72. The average Bonchev–Trinajstić information content (AvgIpc) is 2.85. The van der Waals surface area contributed by atoms with Crippen molar-refractivity contribution in [3.8, 4) is 0 Å². The summed E-state index contributed by atoms with van der Waals surface area (Å²) < 4.78 is 1.94. The number of aromatic nitrogens is 2. The maximum Gasteiger partial charge on any atom is 0.224 e. The molecule has 2 aromatic rings. The molecule has 0 aromatic carbocycles. The number of nitrogens with zero attached hydrogens (tertiary/aromatic N) is 2. The second-order valence-electron chi connectivity index (χ2n) is 6.82. The van der Waals surface area contributed by atoms with Crippen molar-refractivity contribution in [3.63, 3.8) is 0 Å². The van der Waals surface area contributed by atoms with Crippen molar-refractivity contribution in [2.45, 2.75) is 19.4 Å². The van der Waals surface area contributed by atoms with Gasteiger partial charge in [0.25, 0.3) is 0 Å². The van der Waals surface area contributed by atoms with Gasteiger partial charge in [0.05, 0.1) is 22.3 Å². The van der Waals surface area contributed by atoms with E-state index in [4.69, 9.17) is 11.6 Å². The lowest BCUT2D eigenvalue weighted by Crippen LogP contribution is -2.44. The molecule has 3 atom stereocenters. The topological polar surface area (TPSA) is 58.4 Å². The Kier molecular flexibility index (Phi) is 3.00. The summed E-state index contributed by atoms with van der Waals surface area (Å²) in [6.07, 6.45) is 3.68. The van der Waals surface area contributed by atoms with Crippen molar-refractivity contribution in [1.82, 2.24) is 20.0 Å². The third-order valence-corrected chi connectivity index (χ3v) is 5.23. The summed E-state index contributed by atoms with van der Waals surface area (Å²) >= 11 is 6.20. The van der Waals surface area contributed by atoms with Crippen LogP contribution in [0.1, 0.15) is 19.7 Å². The van der Waals surface area contributed by atoms with E-state index >= 15 is 0 Å². The molecule has 5 nitrogen and oxygen atoms in total. The molecule has 2 aliphatic rings. The minimum absolute atomic E-state index is 0.139. The van der Waals surface area contributed by atoms with Gasteiger partial charge in [-0.1, -0.05) is 11.6 Å². The minimum atomic E-state index is -0.543. The molecule has 6 heteroatoms. The molecule has 1 saturated heterocycles. The van der Waals surface area contributed by atoms with Gasteiger partial charge in [0.15, 0.2) is 0 Å². The van der Waals surface area contributed by atoms with Crippen LogP contribution in [-0.4, -0.2) is 28.4 Å². The predicted molar refractivity (Wildman–Crippen MR) is 84.7 cm³/mol. The molecular formula is C16H19ClN4O. The van der Waals surface area contributed by atoms with Crippen molar-refractivity contribution >= 4 is 23.0 Å². The van der Waals surface area contributed by atoms with Crippen molar-refractivity contribution in [2.75, 3.05) is 13.1 Å². The van der Waals surface area contributed by atoms with Crippen LogP contribution in [0.3, 0.4) is 0 Å². The monoisotopic (exact) mass is 318 g/mol. The minimum Gasteiger partial charge on any atom is -0.344 e. The van der Waals surface area contributed by atoms with Gasteiger partial charge in [-0.25, -0.2) is 4.98 Å². The van der Waals surface area contributed by atoms with Crippen LogP contribution >= 0.6 is 11.6 Å². The first-order valence-corrected chi connectivity index (χ1v) is 8.01. The van der Waals surface area contributed by atoms with E-state index in [9.17, 15) is 4.79 Å². The number of imidazole rings is 1. The van der Waals surface area contributed by atoms with E-state index in [0.717, 1.165) is 24.4 Å². The van der Waals surface area contributed by atoms with Crippen LogP contribution in [0.4, 0.5) is 0 Å². The van der Waals surface area contributed by atoms with E-state index in [1.165, 1.54) is 0 Å². The largest absolute Gasteiger partial charge is 0.344 e. The fraction of sp³-hybridized carbons (Fsp3) is 0.500. The number of pyridine rings is 1. The van der Waals surface area contributed by atoms with E-state index in [2.05, 4.69) is 15.6 Å². The summed E-state index contributed by atoms with van der Waals surface area (Å²) in [5, 5.41) is 7.14. The third kappa shape index (κ3) is 2.03. The number of piperidine rings is 1. The van der Waals surface area contributed by atoms with Gasteiger partial charge in [-0.2, -0.15) is 0 Å². The van der Waals surface area contributed by atoms with Crippen LogP contribution < -0.4 is 10.6 Å². The third-order valence-electron chi connectivity index (χ3n) is 4.91. The van der Waals surface area contributed by atoms with Crippen molar-refractivity contribution in [3.05, 3.63) is 35.4 Å². The summed E-state index contributed by atoms with van der Waals surface area (Å²) in [6.45, 7) is 5.89. The number of halogens is 1. The quantitative estimate of drug-likeness (QED) is 0.907. The SMILES string of the molecule is CC(C)(NC(=O)C1[C@H]2CNC[C@@H]12)c1ncc2c(Cl)cccn12. The number of carbonyl (C=O) groups excluding carboxylic acids is 1. The normalized spacial score (nSPS) is 27.0. The molecule has 22 heavy (non-hydrogen) atoms. The Morgan fingerprint density at radius 1 is 1.45 bits per heavy atom. The lowest BCUT2D eigenvalue weighted by Gasteiger charge is -2.25. The number of carbonyl (C=O) groups is 1. The highest BCUT2D eigenvalue weighted by molar-refractivity contribution is 6.33. The van der Waals surface area contributed by atoms with E-state index < -0.39 is 5.54 Å². The number of rotatable bonds is 3. The molecule has 2 aromatic heterocycles. The number of fused-ring (bicyclic) bond motifs is 2. The molecule has 1 aliphatic carbocycles. The highest BCUT2D eigenvalue weighted by Crippen LogP contribution is 2.49. The Morgan fingerprint density at radius 2 is 2.18 bits per heavy atom. The second kappa shape index (κ2) is 4.70. The number of hydrogen-bond donors (Lipinski definition) is 2. The standard InChI is InChI=1S/C16H19ClN4O/c1-16(2,20-14(22)13-9-6-18-7-10(9)13)15-19-8-12-11(17)4-3-5-21(12)15/h3-5,8-10,13,18H,6-7H2,1-2H3,(H,20,22)/t9-,10+,13?. The Balaban J connectivity index is 1.59. The van der Waals surface area contributed by atoms with E-state index in [1.54, 1.807) is 6.20 Å². The molecule has 2 fully saturated rings. The molecule has 1 aliphatic heterocycles. The van der Waals surface area contributed by atoms with Crippen molar-refractivity contribution in [2.24, 2.45) is 17.8 Å². The molecule has 116 valence electrons. The lowest BCUT2D eigenvalue weighted by atomic mass is 10.0. The predicted octanol–water partition coefficient (Wildman–Crippen LogP) is 1.80. The number of amides is 1. The number of hydrogen-bond acceptors (Lipinski definition) is 3. The zero-order chi connectivity index (χ0) is 15.5. The maximum absolute atomic E-state index is 12.5. The van der Waals surface area contributed by atoms with E-state index in [-0.39, 0.29) is 11.8 Å². The van der Waals surface area contributed by atoms with Crippen LogP contribution in [0, 0.1) is 17.8 Å². The molecule has 0 bridgehead atoms. The second-order valence-corrected chi connectivity index (χ2v) is 7.23. The Labute approximate surface area is 134 Å². The van der Waals surface area contributed by atoms with Gasteiger partial charge in [-0.05, 0) is 50.9 Å². The fourth-order valence-electron chi connectivity index (χ4n) is 3.70. The van der Waals surface area contributed by atoms with Gasteiger partial charge in [-0.15, -0.1) is 0 Å². The molecule has 4 rings (SSSR count). The molecule has 0 radical (unpaired) electrons. The molecular weight excluding hydrogens is 300 g/mol.